The first kappa shape index (κ1) is 17.5. The van der Waals surface area contributed by atoms with Crippen molar-refractivity contribution >= 4 is 21.4 Å². The van der Waals surface area contributed by atoms with Crippen LogP contribution in [0, 0.1) is 13.8 Å². The van der Waals surface area contributed by atoms with Crippen LogP contribution in [0.3, 0.4) is 0 Å². The third-order valence-electron chi connectivity index (χ3n) is 4.36. The third-order valence-corrected chi connectivity index (χ3v) is 7.22. The SMILES string of the molecule is COc1c(C)cc(S(=O)(=O)N(CCc2cccs2)C2CC2)cc1C. The Morgan fingerprint density at radius 1 is 1.25 bits per heavy atom. The quantitative estimate of drug-likeness (QED) is 0.750. The van der Waals surface area contributed by atoms with Gasteiger partial charge in [0, 0.05) is 17.5 Å². The monoisotopic (exact) mass is 365 g/mol. The third kappa shape index (κ3) is 3.50. The molecule has 0 amide bonds. The zero-order valence-electron chi connectivity index (χ0n) is 14.3. The minimum atomic E-state index is -3.48. The number of ether oxygens (including phenoxy) is 1. The maximum Gasteiger partial charge on any atom is 0.243 e. The van der Waals surface area contributed by atoms with Crippen molar-refractivity contribution in [3.05, 3.63) is 45.6 Å². The fourth-order valence-corrected chi connectivity index (χ4v) is 5.61. The summed E-state index contributed by atoms with van der Waals surface area (Å²) in [7, 11) is -1.87. The molecule has 1 aromatic carbocycles. The van der Waals surface area contributed by atoms with Crippen molar-refractivity contribution in [3.8, 4) is 5.75 Å². The van der Waals surface area contributed by atoms with E-state index >= 15 is 0 Å². The second kappa shape index (κ2) is 6.86. The molecule has 1 aliphatic carbocycles. The second-order valence-corrected chi connectivity index (χ2v) is 9.19. The highest BCUT2D eigenvalue weighted by molar-refractivity contribution is 7.89. The predicted octanol–water partition coefficient (Wildman–Crippen LogP) is 3.77. The number of methoxy groups -OCH3 is 1. The Labute approximate surface area is 148 Å². The fourth-order valence-electron chi connectivity index (χ4n) is 3.05. The Morgan fingerprint density at radius 2 is 1.92 bits per heavy atom. The van der Waals surface area contributed by atoms with Gasteiger partial charge in [0.25, 0.3) is 0 Å². The van der Waals surface area contributed by atoms with Gasteiger partial charge in [-0.3, -0.25) is 0 Å². The summed E-state index contributed by atoms with van der Waals surface area (Å²) in [6.07, 6.45) is 2.68. The van der Waals surface area contributed by atoms with Crippen LogP contribution in [-0.4, -0.2) is 32.4 Å². The molecule has 0 bridgehead atoms. The normalized spacial score (nSPS) is 15.0. The highest BCUT2D eigenvalue weighted by Gasteiger charge is 2.38. The van der Waals surface area contributed by atoms with E-state index < -0.39 is 10.0 Å². The molecule has 1 heterocycles. The summed E-state index contributed by atoms with van der Waals surface area (Å²) in [4.78, 5) is 1.59. The molecule has 0 atom stereocenters. The van der Waals surface area contributed by atoms with Crippen LogP contribution in [0.4, 0.5) is 0 Å². The first-order valence-corrected chi connectivity index (χ1v) is 10.4. The molecule has 3 rings (SSSR count). The summed E-state index contributed by atoms with van der Waals surface area (Å²) in [6.45, 7) is 4.31. The lowest BCUT2D eigenvalue weighted by Gasteiger charge is -2.22. The van der Waals surface area contributed by atoms with Crippen LogP contribution >= 0.6 is 11.3 Å². The van der Waals surface area contributed by atoms with Gasteiger partial charge in [-0.1, -0.05) is 6.07 Å². The van der Waals surface area contributed by atoms with Gasteiger partial charge in [-0.15, -0.1) is 11.3 Å². The van der Waals surface area contributed by atoms with Gasteiger partial charge in [0.1, 0.15) is 5.75 Å². The molecule has 130 valence electrons. The number of nitrogens with zero attached hydrogens (tertiary/aromatic N) is 1. The minimum absolute atomic E-state index is 0.151. The molecule has 0 aliphatic heterocycles. The Kier molecular flexibility index (Phi) is 4.99. The molecular weight excluding hydrogens is 342 g/mol. The van der Waals surface area contributed by atoms with Crippen molar-refractivity contribution < 1.29 is 13.2 Å². The zero-order chi connectivity index (χ0) is 17.3. The van der Waals surface area contributed by atoms with E-state index in [1.807, 2.05) is 25.3 Å². The van der Waals surface area contributed by atoms with Crippen LogP contribution in [0.1, 0.15) is 28.8 Å². The van der Waals surface area contributed by atoms with Crippen molar-refractivity contribution in [2.75, 3.05) is 13.7 Å². The van der Waals surface area contributed by atoms with Crippen LogP contribution < -0.4 is 4.74 Å². The summed E-state index contributed by atoms with van der Waals surface area (Å²) < 4.78 is 33.4. The molecule has 24 heavy (non-hydrogen) atoms. The molecule has 1 aliphatic rings. The largest absolute Gasteiger partial charge is 0.496 e. The van der Waals surface area contributed by atoms with E-state index in [1.165, 1.54) is 4.88 Å². The highest BCUT2D eigenvalue weighted by Crippen LogP contribution is 2.34. The van der Waals surface area contributed by atoms with Gasteiger partial charge >= 0.3 is 0 Å². The topological polar surface area (TPSA) is 46.6 Å². The number of thiophene rings is 1. The standard InChI is InChI=1S/C18H23NO3S2/c1-13-11-17(12-14(2)18(13)22-3)24(20,21)19(15-6-7-15)9-8-16-5-4-10-23-16/h4-5,10-12,15H,6-9H2,1-3H3. The van der Waals surface area contributed by atoms with Crippen molar-refractivity contribution in [3.63, 3.8) is 0 Å². The zero-order valence-corrected chi connectivity index (χ0v) is 15.9. The van der Waals surface area contributed by atoms with Gasteiger partial charge in [-0.25, -0.2) is 8.42 Å². The molecule has 1 saturated carbocycles. The molecule has 6 heteroatoms. The molecular formula is C18H23NO3S2. The predicted molar refractivity (Wildman–Crippen MR) is 97.4 cm³/mol. The first-order valence-electron chi connectivity index (χ1n) is 8.13. The second-order valence-electron chi connectivity index (χ2n) is 6.27. The van der Waals surface area contributed by atoms with Crippen LogP contribution in [0.2, 0.25) is 0 Å². The Morgan fingerprint density at radius 3 is 2.42 bits per heavy atom. The molecule has 0 spiro atoms. The number of aryl methyl sites for hydroxylation is 2. The van der Waals surface area contributed by atoms with Gasteiger partial charge in [0.15, 0.2) is 0 Å². The van der Waals surface area contributed by atoms with Gasteiger partial charge in [0.05, 0.1) is 12.0 Å². The molecule has 1 aromatic heterocycles. The molecule has 0 unspecified atom stereocenters. The lowest BCUT2D eigenvalue weighted by Crippen LogP contribution is -2.35. The summed E-state index contributed by atoms with van der Waals surface area (Å²) >= 11 is 1.68. The number of hydrogen-bond acceptors (Lipinski definition) is 4. The van der Waals surface area contributed by atoms with Crippen LogP contribution in [0.25, 0.3) is 0 Å². The van der Waals surface area contributed by atoms with Crippen molar-refractivity contribution in [2.24, 2.45) is 0 Å². The van der Waals surface area contributed by atoms with E-state index in [-0.39, 0.29) is 6.04 Å². The van der Waals surface area contributed by atoms with Gasteiger partial charge in [0.2, 0.25) is 10.0 Å². The van der Waals surface area contributed by atoms with Crippen LogP contribution in [0.15, 0.2) is 34.5 Å². The highest BCUT2D eigenvalue weighted by atomic mass is 32.2. The molecule has 0 radical (unpaired) electrons. The molecule has 0 N–H and O–H groups in total. The molecule has 1 fully saturated rings. The van der Waals surface area contributed by atoms with Crippen LogP contribution in [-0.2, 0) is 16.4 Å². The average Bonchev–Trinajstić information content (AvgIpc) is 3.21. The van der Waals surface area contributed by atoms with Gasteiger partial charge < -0.3 is 4.74 Å². The van der Waals surface area contributed by atoms with E-state index in [4.69, 9.17) is 4.74 Å². The van der Waals surface area contributed by atoms with E-state index in [0.717, 1.165) is 36.1 Å². The Bertz CT molecular complexity index is 786. The van der Waals surface area contributed by atoms with Crippen molar-refractivity contribution in [1.82, 2.24) is 4.31 Å². The Hall–Kier alpha value is -1.37. The summed E-state index contributed by atoms with van der Waals surface area (Å²) in [5.41, 5.74) is 1.70. The van der Waals surface area contributed by atoms with Gasteiger partial charge in [-0.05, 0) is 67.8 Å². The average molecular weight is 366 g/mol. The van der Waals surface area contributed by atoms with E-state index in [1.54, 1.807) is 34.9 Å². The minimum Gasteiger partial charge on any atom is -0.496 e. The van der Waals surface area contributed by atoms with E-state index in [0.29, 0.717) is 11.4 Å². The summed E-state index contributed by atoms with van der Waals surface area (Å²) in [5.74, 6) is 0.755. The van der Waals surface area contributed by atoms with Gasteiger partial charge in [-0.2, -0.15) is 4.31 Å². The number of sulfonamides is 1. The maximum absolute atomic E-state index is 13.2. The van der Waals surface area contributed by atoms with E-state index in [9.17, 15) is 8.42 Å². The van der Waals surface area contributed by atoms with Crippen LogP contribution in [0.5, 0.6) is 5.75 Å². The summed E-state index contributed by atoms with van der Waals surface area (Å²) in [6, 6.07) is 7.66. The molecule has 0 saturated heterocycles. The lowest BCUT2D eigenvalue weighted by molar-refractivity contribution is 0.404. The lowest BCUT2D eigenvalue weighted by atomic mass is 10.1. The van der Waals surface area contributed by atoms with Crippen molar-refractivity contribution in [1.29, 1.82) is 0 Å². The fraction of sp³-hybridized carbons (Fsp3) is 0.444. The molecule has 2 aromatic rings. The number of rotatable bonds is 7. The van der Waals surface area contributed by atoms with E-state index in [2.05, 4.69) is 6.07 Å². The van der Waals surface area contributed by atoms with Crippen molar-refractivity contribution in [2.45, 2.75) is 44.0 Å². The smallest absolute Gasteiger partial charge is 0.243 e. The summed E-state index contributed by atoms with van der Waals surface area (Å²) in [5, 5.41) is 2.03. The Balaban J connectivity index is 1.89. The maximum atomic E-state index is 13.2. The molecule has 4 nitrogen and oxygen atoms in total. The number of benzene rings is 1. The number of hydrogen-bond donors (Lipinski definition) is 0. The first-order chi connectivity index (χ1) is 11.4.